The molecule has 0 aromatic heterocycles. The van der Waals surface area contributed by atoms with Gasteiger partial charge in [-0.1, -0.05) is 30.3 Å². The fourth-order valence-electron chi connectivity index (χ4n) is 3.80. The number of thioether (sulfide) groups is 1. The van der Waals surface area contributed by atoms with E-state index in [0.29, 0.717) is 5.75 Å². The van der Waals surface area contributed by atoms with Crippen LogP contribution in [0.1, 0.15) is 18.4 Å². The monoisotopic (exact) mass is 532 g/mol. The molecule has 1 aromatic carbocycles. The zero-order valence-electron chi connectivity index (χ0n) is 20.3. The summed E-state index contributed by atoms with van der Waals surface area (Å²) in [6.45, 7) is -1.49. The molecule has 0 unspecified atom stereocenters. The molecule has 12 nitrogen and oxygen atoms in total. The average Bonchev–Trinajstić information content (AvgIpc) is 2.90. The molecule has 0 radical (unpaired) electrons. The number of aliphatic hydroxyl groups excluding tert-OH is 5. The maximum absolute atomic E-state index is 13.1. The molecule has 2 amide bonds. The van der Waals surface area contributed by atoms with E-state index in [1.165, 1.54) is 18.9 Å². The van der Waals surface area contributed by atoms with E-state index in [4.69, 9.17) is 14.2 Å². The lowest BCUT2D eigenvalue weighted by Gasteiger charge is -2.47. The third-order valence-corrected chi connectivity index (χ3v) is 6.56. The maximum atomic E-state index is 13.1. The van der Waals surface area contributed by atoms with Gasteiger partial charge in [0, 0.05) is 13.5 Å². The number of amides is 2. The molecule has 0 aliphatic carbocycles. The Labute approximate surface area is 213 Å². The molecule has 13 heteroatoms. The van der Waals surface area contributed by atoms with Crippen molar-refractivity contribution in [1.82, 2.24) is 10.6 Å². The number of methoxy groups -OCH3 is 1. The molecule has 1 saturated heterocycles. The predicted molar refractivity (Wildman–Crippen MR) is 130 cm³/mol. The Hall–Kier alpha value is -1.97. The van der Waals surface area contributed by atoms with Crippen molar-refractivity contribution < 1.29 is 49.3 Å². The predicted octanol–water partition coefficient (Wildman–Crippen LogP) is -1.28. The maximum Gasteiger partial charge on any atom is 0.408 e. The van der Waals surface area contributed by atoms with E-state index in [1.54, 1.807) is 24.3 Å². The van der Waals surface area contributed by atoms with Crippen LogP contribution in [0.2, 0.25) is 0 Å². The molecule has 0 bridgehead atoms. The van der Waals surface area contributed by atoms with Crippen molar-refractivity contribution in [2.24, 2.45) is 0 Å². The highest BCUT2D eigenvalue weighted by Crippen LogP contribution is 2.32. The van der Waals surface area contributed by atoms with Gasteiger partial charge in [-0.3, -0.25) is 4.79 Å². The van der Waals surface area contributed by atoms with Gasteiger partial charge in [0.05, 0.1) is 25.4 Å². The van der Waals surface area contributed by atoms with Gasteiger partial charge < -0.3 is 50.4 Å². The second-order valence-electron chi connectivity index (χ2n) is 8.44. The fourth-order valence-corrected chi connectivity index (χ4v) is 4.27. The van der Waals surface area contributed by atoms with E-state index in [1.807, 2.05) is 12.3 Å². The van der Waals surface area contributed by atoms with Gasteiger partial charge in [0.15, 0.2) is 5.79 Å². The summed E-state index contributed by atoms with van der Waals surface area (Å²) in [5, 5.41) is 55.4. The minimum atomic E-state index is -1.75. The molecule has 7 atom stereocenters. The summed E-state index contributed by atoms with van der Waals surface area (Å²) >= 11 is 1.46. The summed E-state index contributed by atoms with van der Waals surface area (Å²) in [4.78, 5) is 25.5. The van der Waals surface area contributed by atoms with Gasteiger partial charge in [0.1, 0.15) is 31.0 Å². The molecule has 0 spiro atoms. The van der Waals surface area contributed by atoms with Crippen LogP contribution in [0.25, 0.3) is 0 Å². The topological polar surface area (TPSA) is 187 Å². The first-order chi connectivity index (χ1) is 17.2. The van der Waals surface area contributed by atoms with E-state index in [-0.39, 0.29) is 19.4 Å². The van der Waals surface area contributed by atoms with Crippen LogP contribution in [0.4, 0.5) is 4.79 Å². The summed E-state index contributed by atoms with van der Waals surface area (Å²) in [5.41, 5.74) is 0.769. The number of nitrogens with one attached hydrogen (secondary N) is 2. The Morgan fingerprint density at radius 2 is 1.94 bits per heavy atom. The number of alkyl carbamates (subject to hydrolysis) is 1. The summed E-state index contributed by atoms with van der Waals surface area (Å²) in [5.74, 6) is -1.86. The Balaban J connectivity index is 2.14. The molecule has 7 N–H and O–H groups in total. The Morgan fingerprint density at radius 1 is 1.25 bits per heavy atom. The SMILES string of the molecule is CO[C@@]1(CO)C[C@H](O)[C@@H](NC(=O)[C@H](CCSC)NC(=O)OCc2ccccc2)[C@H]([C@H](O)[C@H](O)CO)O1. The van der Waals surface area contributed by atoms with Gasteiger partial charge in [-0.15, -0.1) is 0 Å². The molecular formula is C23H36N2O10S. The third-order valence-electron chi connectivity index (χ3n) is 5.91. The van der Waals surface area contributed by atoms with Crippen LogP contribution < -0.4 is 10.6 Å². The molecule has 1 aliphatic rings. The molecular weight excluding hydrogens is 496 g/mol. The largest absolute Gasteiger partial charge is 0.445 e. The first-order valence-electron chi connectivity index (χ1n) is 11.5. The molecule has 1 heterocycles. The van der Waals surface area contributed by atoms with E-state index in [2.05, 4.69) is 10.6 Å². The van der Waals surface area contributed by atoms with Crippen LogP contribution in [0.3, 0.4) is 0 Å². The van der Waals surface area contributed by atoms with Crippen LogP contribution in [-0.2, 0) is 25.6 Å². The van der Waals surface area contributed by atoms with Gasteiger partial charge in [-0.2, -0.15) is 11.8 Å². The van der Waals surface area contributed by atoms with Crippen LogP contribution in [0.5, 0.6) is 0 Å². The second kappa shape index (κ2) is 14.7. The smallest absolute Gasteiger partial charge is 0.408 e. The van der Waals surface area contributed by atoms with E-state index in [0.717, 1.165) is 5.56 Å². The fraction of sp³-hybridized carbons (Fsp3) is 0.652. The number of aliphatic hydroxyl groups is 5. The third kappa shape index (κ3) is 8.28. The molecule has 204 valence electrons. The van der Waals surface area contributed by atoms with Crippen LogP contribution >= 0.6 is 11.8 Å². The lowest BCUT2D eigenvalue weighted by atomic mass is 9.88. The minimum Gasteiger partial charge on any atom is -0.445 e. The standard InChI is InChI=1S/C23H36N2O10S/c1-33-23(13-27)10-16(28)18(20(35-23)19(30)17(29)11-26)25-21(31)15(8-9-36-2)24-22(32)34-12-14-6-4-3-5-7-14/h3-7,15-20,26-30H,8-13H2,1-2H3,(H,24,32)(H,25,31)/t15-,16-,17+,18+,19+,20+,23-/m0/s1. The Bertz CT molecular complexity index is 813. The molecule has 1 fully saturated rings. The second-order valence-corrected chi connectivity index (χ2v) is 9.43. The number of rotatable bonds is 13. The van der Waals surface area contributed by atoms with Crippen LogP contribution in [0, 0.1) is 0 Å². The van der Waals surface area contributed by atoms with Gasteiger partial charge in [0.2, 0.25) is 5.91 Å². The van der Waals surface area contributed by atoms with E-state index in [9.17, 15) is 35.1 Å². The normalized spacial score (nSPS) is 26.5. The number of ether oxygens (including phenoxy) is 3. The lowest BCUT2D eigenvalue weighted by Crippen LogP contribution is -2.68. The van der Waals surface area contributed by atoms with E-state index < -0.39 is 67.5 Å². The van der Waals surface area contributed by atoms with Crippen molar-refractivity contribution in [2.75, 3.05) is 32.3 Å². The van der Waals surface area contributed by atoms with Gasteiger partial charge >= 0.3 is 6.09 Å². The van der Waals surface area contributed by atoms with Crippen molar-refractivity contribution in [1.29, 1.82) is 0 Å². The first-order valence-corrected chi connectivity index (χ1v) is 12.8. The average molecular weight is 533 g/mol. The van der Waals surface area contributed by atoms with Crippen LogP contribution in [-0.4, -0.2) is 112 Å². The molecule has 36 heavy (non-hydrogen) atoms. The number of hydrogen-bond acceptors (Lipinski definition) is 11. The summed E-state index contributed by atoms with van der Waals surface area (Å²) in [6, 6.07) is 6.70. The molecule has 2 rings (SSSR count). The number of benzene rings is 1. The van der Waals surface area contributed by atoms with Gasteiger partial charge in [0.25, 0.3) is 0 Å². The highest BCUT2D eigenvalue weighted by Gasteiger charge is 2.51. The van der Waals surface area contributed by atoms with Gasteiger partial charge in [-0.05, 0) is 24.0 Å². The van der Waals surface area contributed by atoms with E-state index >= 15 is 0 Å². The minimum absolute atomic E-state index is 0.00624. The highest BCUT2D eigenvalue weighted by molar-refractivity contribution is 7.98. The highest BCUT2D eigenvalue weighted by atomic mass is 32.2. The number of hydrogen-bond donors (Lipinski definition) is 7. The first kappa shape index (κ1) is 30.3. The zero-order valence-corrected chi connectivity index (χ0v) is 21.1. The van der Waals surface area contributed by atoms with Crippen LogP contribution in [0.15, 0.2) is 30.3 Å². The van der Waals surface area contributed by atoms with Crippen molar-refractivity contribution in [2.45, 2.75) is 61.7 Å². The lowest BCUT2D eigenvalue weighted by molar-refractivity contribution is -0.322. The van der Waals surface area contributed by atoms with Crippen molar-refractivity contribution in [3.05, 3.63) is 35.9 Å². The Kier molecular flexibility index (Phi) is 12.3. The van der Waals surface area contributed by atoms with Crippen molar-refractivity contribution >= 4 is 23.8 Å². The molecule has 1 aliphatic heterocycles. The quantitative estimate of drug-likeness (QED) is 0.160. The number of carbonyl (C=O) groups excluding carboxylic acids is 2. The summed E-state index contributed by atoms with van der Waals surface area (Å²) < 4.78 is 16.1. The zero-order chi connectivity index (χ0) is 26.7. The molecule has 1 aromatic rings. The Morgan fingerprint density at radius 3 is 2.53 bits per heavy atom. The van der Waals surface area contributed by atoms with Crippen molar-refractivity contribution in [3.63, 3.8) is 0 Å². The van der Waals surface area contributed by atoms with Crippen molar-refractivity contribution in [3.8, 4) is 0 Å². The number of carbonyl (C=O) groups is 2. The summed E-state index contributed by atoms with van der Waals surface area (Å²) in [6.07, 6.45) is -5.23. The van der Waals surface area contributed by atoms with Gasteiger partial charge in [-0.25, -0.2) is 4.79 Å². The molecule has 0 saturated carbocycles. The summed E-state index contributed by atoms with van der Waals surface area (Å²) in [7, 11) is 1.23.